The summed E-state index contributed by atoms with van der Waals surface area (Å²) in [6.07, 6.45) is -1.19. The molecule has 1 atom stereocenters. The molecule has 2 rings (SSSR count). The van der Waals surface area contributed by atoms with Gasteiger partial charge in [-0.2, -0.15) is 0 Å². The number of benzene rings is 2. The zero-order valence-corrected chi connectivity index (χ0v) is 17.9. The van der Waals surface area contributed by atoms with Crippen LogP contribution in [0, 0.1) is 10.1 Å². The lowest BCUT2D eigenvalue weighted by molar-refractivity contribution is -0.384. The Morgan fingerprint density at radius 1 is 1.10 bits per heavy atom. The van der Waals surface area contributed by atoms with Gasteiger partial charge in [-0.15, -0.1) is 0 Å². The van der Waals surface area contributed by atoms with E-state index in [9.17, 15) is 14.9 Å². The van der Waals surface area contributed by atoms with Gasteiger partial charge in [-0.05, 0) is 48.6 Å². The maximum absolute atomic E-state index is 12.4. The Hall–Kier alpha value is -2.33. The summed E-state index contributed by atoms with van der Waals surface area (Å²) in [5.74, 6) is 0.0555. The molecule has 2 aromatic rings. The first-order chi connectivity index (χ1) is 13.6. The van der Waals surface area contributed by atoms with E-state index in [0.29, 0.717) is 11.4 Å². The minimum Gasteiger partial charge on any atom is -0.497 e. The molecule has 2 aromatic carbocycles. The Bertz CT molecular complexity index is 889. The van der Waals surface area contributed by atoms with Gasteiger partial charge in [-0.25, -0.2) is 0 Å². The van der Waals surface area contributed by atoms with Crippen molar-refractivity contribution in [1.29, 1.82) is 0 Å². The number of halogens is 3. The fourth-order valence-corrected chi connectivity index (χ4v) is 2.68. The maximum Gasteiger partial charge on any atom is 0.269 e. The van der Waals surface area contributed by atoms with Gasteiger partial charge in [-0.3, -0.25) is 14.9 Å². The van der Waals surface area contributed by atoms with Crippen LogP contribution in [0.4, 0.5) is 11.4 Å². The van der Waals surface area contributed by atoms with Crippen molar-refractivity contribution < 1.29 is 14.5 Å². The number of hydrogen-bond acceptors (Lipinski definition) is 5. The average molecular weight is 478 g/mol. The number of rotatable bonds is 6. The molecule has 0 aliphatic carbocycles. The van der Waals surface area contributed by atoms with Gasteiger partial charge in [0, 0.05) is 23.4 Å². The van der Waals surface area contributed by atoms with Crippen molar-refractivity contribution in [1.82, 2.24) is 10.6 Å². The number of hydrogen-bond donors (Lipinski definition) is 3. The van der Waals surface area contributed by atoms with Crippen LogP contribution in [0.2, 0.25) is 0 Å². The van der Waals surface area contributed by atoms with Gasteiger partial charge in [0.2, 0.25) is 3.79 Å². The third-order valence-corrected chi connectivity index (χ3v) is 4.44. The van der Waals surface area contributed by atoms with Crippen LogP contribution >= 0.6 is 47.0 Å². The number of ether oxygens (including phenoxy) is 1. The monoisotopic (exact) mass is 476 g/mol. The molecule has 0 fully saturated rings. The topological polar surface area (TPSA) is 106 Å². The molecule has 0 aliphatic rings. The highest BCUT2D eigenvalue weighted by Crippen LogP contribution is 2.29. The number of non-ortho nitro benzene ring substituents is 1. The molecule has 0 bridgehead atoms. The van der Waals surface area contributed by atoms with Crippen molar-refractivity contribution in [2.75, 3.05) is 12.4 Å². The Morgan fingerprint density at radius 3 is 2.17 bits per heavy atom. The number of amides is 1. The number of methoxy groups -OCH3 is 1. The van der Waals surface area contributed by atoms with Crippen LogP contribution in [0.1, 0.15) is 10.4 Å². The molecule has 0 saturated carbocycles. The van der Waals surface area contributed by atoms with Gasteiger partial charge in [0.1, 0.15) is 11.9 Å². The number of nitro groups is 1. The van der Waals surface area contributed by atoms with Gasteiger partial charge in [0.25, 0.3) is 11.6 Å². The first-order valence-electron chi connectivity index (χ1n) is 7.94. The van der Waals surface area contributed by atoms with Crippen LogP contribution in [-0.2, 0) is 0 Å². The molecule has 8 nitrogen and oxygen atoms in total. The third-order valence-electron chi connectivity index (χ3n) is 3.57. The second-order valence-electron chi connectivity index (χ2n) is 5.58. The smallest absolute Gasteiger partial charge is 0.269 e. The summed E-state index contributed by atoms with van der Waals surface area (Å²) in [4.78, 5) is 22.6. The van der Waals surface area contributed by atoms with Crippen LogP contribution in [0.5, 0.6) is 5.75 Å². The summed E-state index contributed by atoms with van der Waals surface area (Å²) in [5.41, 5.74) is 0.640. The molecule has 1 amide bonds. The number of carbonyl (C=O) groups is 1. The molecule has 29 heavy (non-hydrogen) atoms. The molecule has 3 N–H and O–H groups in total. The molecule has 12 heteroatoms. The molecule has 0 aliphatic heterocycles. The first-order valence-corrected chi connectivity index (χ1v) is 9.48. The molecule has 0 heterocycles. The number of nitrogens with zero attached hydrogens (tertiary/aromatic N) is 1. The molecule has 0 saturated heterocycles. The number of carbonyl (C=O) groups excluding carboxylic acids is 1. The molecule has 0 aromatic heterocycles. The van der Waals surface area contributed by atoms with E-state index < -0.39 is 20.8 Å². The van der Waals surface area contributed by atoms with Gasteiger partial charge >= 0.3 is 0 Å². The van der Waals surface area contributed by atoms with Gasteiger partial charge in [-0.1, -0.05) is 34.8 Å². The highest BCUT2D eigenvalue weighted by molar-refractivity contribution is 7.80. The maximum atomic E-state index is 12.4. The van der Waals surface area contributed by atoms with Crippen molar-refractivity contribution in [3.8, 4) is 5.75 Å². The lowest BCUT2D eigenvalue weighted by Gasteiger charge is -2.27. The zero-order chi connectivity index (χ0) is 21.6. The molecule has 0 radical (unpaired) electrons. The fourth-order valence-electron chi connectivity index (χ4n) is 2.12. The van der Waals surface area contributed by atoms with Crippen LogP contribution in [-0.4, -0.2) is 33.0 Å². The van der Waals surface area contributed by atoms with E-state index in [1.165, 1.54) is 24.3 Å². The number of thiocarbonyl (C=S) groups is 1. The molecular weight excluding hydrogens is 463 g/mol. The predicted octanol–water partition coefficient (Wildman–Crippen LogP) is 4.02. The van der Waals surface area contributed by atoms with Crippen LogP contribution in [0.15, 0.2) is 48.5 Å². The predicted molar refractivity (Wildman–Crippen MR) is 117 cm³/mol. The number of anilines is 1. The van der Waals surface area contributed by atoms with Crippen LogP contribution in [0.25, 0.3) is 0 Å². The van der Waals surface area contributed by atoms with Gasteiger partial charge in [0.15, 0.2) is 5.11 Å². The van der Waals surface area contributed by atoms with Crippen molar-refractivity contribution in [2.45, 2.75) is 9.96 Å². The second kappa shape index (κ2) is 9.93. The van der Waals surface area contributed by atoms with E-state index in [-0.39, 0.29) is 16.4 Å². The quantitative estimate of drug-likeness (QED) is 0.190. The van der Waals surface area contributed by atoms with E-state index in [0.717, 1.165) is 0 Å². The van der Waals surface area contributed by atoms with Crippen molar-refractivity contribution in [3.63, 3.8) is 0 Å². The Morgan fingerprint density at radius 2 is 1.69 bits per heavy atom. The van der Waals surface area contributed by atoms with Gasteiger partial charge < -0.3 is 20.7 Å². The summed E-state index contributed by atoms with van der Waals surface area (Å²) in [7, 11) is 1.55. The summed E-state index contributed by atoms with van der Waals surface area (Å²) >= 11 is 23.0. The lowest BCUT2D eigenvalue weighted by atomic mass is 10.2. The largest absolute Gasteiger partial charge is 0.497 e. The summed E-state index contributed by atoms with van der Waals surface area (Å²) in [6.45, 7) is 0. The number of nitrogens with one attached hydrogen (secondary N) is 3. The molecule has 154 valence electrons. The second-order valence-corrected chi connectivity index (χ2v) is 8.36. The van der Waals surface area contributed by atoms with E-state index in [4.69, 9.17) is 51.8 Å². The SMILES string of the molecule is COc1ccc(NC(=S)NC(NC(=O)c2ccc([N+](=O)[O-])cc2)C(Cl)(Cl)Cl)cc1. The van der Waals surface area contributed by atoms with E-state index >= 15 is 0 Å². The minimum absolute atomic E-state index is 0.0930. The molecular formula is C17H15Cl3N4O4S. The Labute approximate surface area is 186 Å². The summed E-state index contributed by atoms with van der Waals surface area (Å²) < 4.78 is 3.13. The zero-order valence-electron chi connectivity index (χ0n) is 14.8. The third kappa shape index (κ3) is 6.90. The minimum atomic E-state index is -1.94. The van der Waals surface area contributed by atoms with Crippen LogP contribution < -0.4 is 20.7 Å². The van der Waals surface area contributed by atoms with Crippen LogP contribution in [0.3, 0.4) is 0 Å². The Balaban J connectivity index is 2.05. The van der Waals surface area contributed by atoms with Crippen molar-refractivity contribution in [2.24, 2.45) is 0 Å². The van der Waals surface area contributed by atoms with Crippen molar-refractivity contribution in [3.05, 3.63) is 64.2 Å². The number of nitro benzene ring substituents is 1. The summed E-state index contributed by atoms with van der Waals surface area (Å²) in [5, 5.41) is 18.9. The standard InChI is InChI=1S/C17H15Cl3N4O4S/c1-28-13-8-4-11(5-9-13)21-16(29)23-15(17(18,19)20)22-14(25)10-2-6-12(7-3-10)24(26)27/h2-9,15H,1H3,(H,22,25)(H2,21,23,29). The fraction of sp³-hybridized carbons (Fsp3) is 0.176. The molecule has 0 spiro atoms. The van der Waals surface area contributed by atoms with Gasteiger partial charge in [0.05, 0.1) is 12.0 Å². The highest BCUT2D eigenvalue weighted by atomic mass is 35.6. The van der Waals surface area contributed by atoms with E-state index in [1.54, 1.807) is 31.4 Å². The highest BCUT2D eigenvalue weighted by Gasteiger charge is 2.35. The van der Waals surface area contributed by atoms with Crippen molar-refractivity contribution >= 4 is 69.4 Å². The van der Waals surface area contributed by atoms with E-state index in [2.05, 4.69) is 16.0 Å². The molecule has 1 unspecified atom stereocenters. The first kappa shape index (κ1) is 23.0. The normalized spacial score (nSPS) is 11.9. The Kier molecular flexibility index (Phi) is 7.86. The summed E-state index contributed by atoms with van der Waals surface area (Å²) in [6, 6.07) is 11.9. The lowest BCUT2D eigenvalue weighted by Crippen LogP contribution is -2.56. The average Bonchev–Trinajstić information content (AvgIpc) is 2.67. The number of alkyl halides is 3. The van der Waals surface area contributed by atoms with E-state index in [1.807, 2.05) is 0 Å².